The lowest BCUT2D eigenvalue weighted by Crippen LogP contribution is -2.27. The number of aryl methyl sites for hydroxylation is 1. The first-order chi connectivity index (χ1) is 11.6. The summed E-state index contributed by atoms with van der Waals surface area (Å²) in [5.74, 6) is 1.59. The minimum Gasteiger partial charge on any atom is -0.496 e. The molecule has 1 heterocycles. The lowest BCUT2D eigenvalue weighted by molar-refractivity contribution is -0.121. The van der Waals surface area contributed by atoms with Crippen LogP contribution >= 0.6 is 0 Å². The summed E-state index contributed by atoms with van der Waals surface area (Å²) in [4.78, 5) is 18.2. The highest BCUT2D eigenvalue weighted by atomic mass is 16.5. The lowest BCUT2D eigenvalue weighted by atomic mass is 10.2. The van der Waals surface area contributed by atoms with E-state index in [1.807, 2.05) is 38.4 Å². The molecular formula is C17H24N4O3. The zero-order chi connectivity index (χ0) is 17.4. The van der Waals surface area contributed by atoms with Crippen LogP contribution in [0.3, 0.4) is 0 Å². The van der Waals surface area contributed by atoms with Crippen molar-refractivity contribution < 1.29 is 14.1 Å². The summed E-state index contributed by atoms with van der Waals surface area (Å²) in [5.41, 5.74) is 0.767. The summed E-state index contributed by atoms with van der Waals surface area (Å²) in [5, 5.41) is 6.85. The van der Waals surface area contributed by atoms with Crippen LogP contribution in [0.2, 0.25) is 0 Å². The van der Waals surface area contributed by atoms with Crippen LogP contribution in [0.15, 0.2) is 28.8 Å². The second-order valence-corrected chi connectivity index (χ2v) is 5.72. The SMILES string of the molecule is COc1ccccc1-c1noc(CCC(=O)NCCCN(C)C)n1. The minimum absolute atomic E-state index is 0.00852. The molecule has 0 fully saturated rings. The van der Waals surface area contributed by atoms with E-state index in [1.54, 1.807) is 7.11 Å². The Morgan fingerprint density at radius 1 is 1.33 bits per heavy atom. The van der Waals surface area contributed by atoms with Crippen molar-refractivity contribution >= 4 is 5.91 Å². The van der Waals surface area contributed by atoms with Gasteiger partial charge in [-0.1, -0.05) is 17.3 Å². The number of carbonyl (C=O) groups excluding carboxylic acids is 1. The van der Waals surface area contributed by atoms with E-state index in [4.69, 9.17) is 9.26 Å². The molecule has 7 nitrogen and oxygen atoms in total. The van der Waals surface area contributed by atoms with Crippen LogP contribution in [0.4, 0.5) is 0 Å². The van der Waals surface area contributed by atoms with Gasteiger partial charge in [0.15, 0.2) is 0 Å². The monoisotopic (exact) mass is 332 g/mol. The van der Waals surface area contributed by atoms with E-state index in [-0.39, 0.29) is 5.91 Å². The highest BCUT2D eigenvalue weighted by Crippen LogP contribution is 2.27. The number of hydrogen-bond donors (Lipinski definition) is 1. The number of ether oxygens (including phenoxy) is 1. The predicted molar refractivity (Wildman–Crippen MR) is 90.8 cm³/mol. The van der Waals surface area contributed by atoms with Gasteiger partial charge in [0.05, 0.1) is 12.7 Å². The molecule has 0 unspecified atom stereocenters. The smallest absolute Gasteiger partial charge is 0.227 e. The summed E-state index contributed by atoms with van der Waals surface area (Å²) in [6, 6.07) is 7.47. The van der Waals surface area contributed by atoms with Gasteiger partial charge >= 0.3 is 0 Å². The third-order valence-corrected chi connectivity index (χ3v) is 3.49. The Morgan fingerprint density at radius 3 is 2.88 bits per heavy atom. The molecule has 0 bridgehead atoms. The molecule has 1 aromatic heterocycles. The Kier molecular flexibility index (Phi) is 6.74. The van der Waals surface area contributed by atoms with Gasteiger partial charge < -0.3 is 19.5 Å². The maximum atomic E-state index is 11.8. The van der Waals surface area contributed by atoms with Crippen LogP contribution in [0.5, 0.6) is 5.75 Å². The number of methoxy groups -OCH3 is 1. The van der Waals surface area contributed by atoms with E-state index in [2.05, 4.69) is 20.4 Å². The van der Waals surface area contributed by atoms with Gasteiger partial charge in [-0.15, -0.1) is 0 Å². The van der Waals surface area contributed by atoms with Crippen molar-refractivity contribution in [1.82, 2.24) is 20.4 Å². The zero-order valence-electron chi connectivity index (χ0n) is 14.4. The highest BCUT2D eigenvalue weighted by Gasteiger charge is 2.13. The van der Waals surface area contributed by atoms with Crippen LogP contribution < -0.4 is 10.1 Å². The van der Waals surface area contributed by atoms with Gasteiger partial charge in [-0.25, -0.2) is 0 Å². The number of benzene rings is 1. The maximum Gasteiger partial charge on any atom is 0.227 e. The fourth-order valence-electron chi connectivity index (χ4n) is 2.23. The summed E-state index contributed by atoms with van der Waals surface area (Å²) in [6.07, 6.45) is 1.68. The summed E-state index contributed by atoms with van der Waals surface area (Å²) in [7, 11) is 5.62. The number of nitrogens with one attached hydrogen (secondary N) is 1. The van der Waals surface area contributed by atoms with Crippen LogP contribution in [0.25, 0.3) is 11.4 Å². The molecule has 0 aliphatic carbocycles. The standard InChI is InChI=1S/C17H24N4O3/c1-21(2)12-6-11-18-15(22)9-10-16-19-17(20-24-16)13-7-4-5-8-14(13)23-3/h4-5,7-8H,6,9-12H2,1-3H3,(H,18,22). The van der Waals surface area contributed by atoms with Crippen molar-refractivity contribution in [2.24, 2.45) is 0 Å². The number of aromatic nitrogens is 2. The van der Waals surface area contributed by atoms with Crippen molar-refractivity contribution in [3.63, 3.8) is 0 Å². The molecule has 24 heavy (non-hydrogen) atoms. The lowest BCUT2D eigenvalue weighted by Gasteiger charge is -2.09. The molecule has 1 aromatic carbocycles. The predicted octanol–water partition coefficient (Wildman–Crippen LogP) is 1.75. The molecule has 0 aliphatic rings. The second-order valence-electron chi connectivity index (χ2n) is 5.72. The molecule has 0 radical (unpaired) electrons. The molecule has 130 valence electrons. The van der Waals surface area contributed by atoms with Gasteiger partial charge in [-0.3, -0.25) is 4.79 Å². The van der Waals surface area contributed by atoms with Gasteiger partial charge in [-0.05, 0) is 39.2 Å². The summed E-state index contributed by atoms with van der Waals surface area (Å²) >= 11 is 0. The topological polar surface area (TPSA) is 80.5 Å². The molecule has 1 amide bonds. The van der Waals surface area contributed by atoms with Gasteiger partial charge in [-0.2, -0.15) is 4.98 Å². The number of hydrogen-bond acceptors (Lipinski definition) is 6. The molecule has 0 aliphatic heterocycles. The molecule has 2 rings (SSSR count). The molecule has 0 spiro atoms. The van der Waals surface area contributed by atoms with Crippen molar-refractivity contribution in [2.45, 2.75) is 19.3 Å². The normalized spacial score (nSPS) is 10.8. The van der Waals surface area contributed by atoms with Gasteiger partial charge in [0.1, 0.15) is 5.75 Å². The van der Waals surface area contributed by atoms with Gasteiger partial charge in [0.2, 0.25) is 17.6 Å². The molecule has 1 N–H and O–H groups in total. The highest BCUT2D eigenvalue weighted by molar-refractivity contribution is 5.76. The van der Waals surface area contributed by atoms with E-state index in [0.29, 0.717) is 36.9 Å². The number of carbonyl (C=O) groups is 1. The number of amides is 1. The number of nitrogens with zero attached hydrogens (tertiary/aromatic N) is 3. The minimum atomic E-state index is -0.00852. The van der Waals surface area contributed by atoms with Crippen LogP contribution in [-0.4, -0.2) is 55.2 Å². The molecule has 0 atom stereocenters. The third-order valence-electron chi connectivity index (χ3n) is 3.49. The van der Waals surface area contributed by atoms with E-state index < -0.39 is 0 Å². The zero-order valence-corrected chi connectivity index (χ0v) is 14.4. The fourth-order valence-corrected chi connectivity index (χ4v) is 2.23. The van der Waals surface area contributed by atoms with Crippen molar-refractivity contribution in [1.29, 1.82) is 0 Å². The average Bonchev–Trinajstić information content (AvgIpc) is 3.05. The van der Waals surface area contributed by atoms with E-state index in [9.17, 15) is 4.79 Å². The van der Waals surface area contributed by atoms with E-state index >= 15 is 0 Å². The maximum absolute atomic E-state index is 11.8. The molecule has 2 aromatic rings. The van der Waals surface area contributed by atoms with Gasteiger partial charge in [0, 0.05) is 19.4 Å². The van der Waals surface area contributed by atoms with E-state index in [0.717, 1.165) is 18.5 Å². The summed E-state index contributed by atoms with van der Waals surface area (Å²) in [6.45, 7) is 1.62. The van der Waals surface area contributed by atoms with Crippen molar-refractivity contribution in [3.8, 4) is 17.1 Å². The Morgan fingerprint density at radius 2 is 2.12 bits per heavy atom. The Labute approximate surface area is 142 Å². The number of para-hydroxylation sites is 1. The second kappa shape index (κ2) is 9.02. The Hall–Kier alpha value is -2.41. The number of rotatable bonds is 9. The Bertz CT molecular complexity index is 655. The first kappa shape index (κ1) is 17.9. The molecular weight excluding hydrogens is 308 g/mol. The van der Waals surface area contributed by atoms with Crippen molar-refractivity contribution in [2.75, 3.05) is 34.3 Å². The van der Waals surface area contributed by atoms with Crippen LogP contribution in [-0.2, 0) is 11.2 Å². The molecule has 0 saturated carbocycles. The summed E-state index contributed by atoms with van der Waals surface area (Å²) < 4.78 is 10.5. The van der Waals surface area contributed by atoms with Gasteiger partial charge in [0.25, 0.3) is 0 Å². The van der Waals surface area contributed by atoms with Crippen LogP contribution in [0.1, 0.15) is 18.7 Å². The largest absolute Gasteiger partial charge is 0.496 e. The van der Waals surface area contributed by atoms with Crippen molar-refractivity contribution in [3.05, 3.63) is 30.2 Å². The first-order valence-electron chi connectivity index (χ1n) is 7.97. The van der Waals surface area contributed by atoms with Crippen LogP contribution in [0, 0.1) is 0 Å². The average molecular weight is 332 g/mol. The van der Waals surface area contributed by atoms with E-state index in [1.165, 1.54) is 0 Å². The Balaban J connectivity index is 1.82. The quantitative estimate of drug-likeness (QED) is 0.705. The molecule has 7 heteroatoms. The fraction of sp³-hybridized carbons (Fsp3) is 0.471. The third kappa shape index (κ3) is 5.34. The molecule has 0 saturated heterocycles. The first-order valence-corrected chi connectivity index (χ1v) is 7.97.